The maximum atomic E-state index is 11.8. The van der Waals surface area contributed by atoms with Crippen LogP contribution in [-0.4, -0.2) is 61.3 Å². The SMILES string of the molecule is C#CCOC1C(CO)OC(n2cnc3c(=O)[nH]c(N)nc32)C1O. The van der Waals surface area contributed by atoms with E-state index < -0.39 is 30.1 Å². The van der Waals surface area contributed by atoms with Gasteiger partial charge in [0, 0.05) is 0 Å². The molecule has 4 unspecified atom stereocenters. The number of hydrogen-bond donors (Lipinski definition) is 4. The van der Waals surface area contributed by atoms with E-state index in [1.807, 2.05) is 0 Å². The predicted octanol–water partition coefficient (Wildman–Crippen LogP) is -2.03. The number of aromatic amines is 1. The molecule has 1 aliphatic heterocycles. The van der Waals surface area contributed by atoms with Crippen molar-refractivity contribution in [2.24, 2.45) is 0 Å². The Balaban J connectivity index is 1.99. The molecular formula is C13H15N5O5. The van der Waals surface area contributed by atoms with Crippen LogP contribution in [0, 0.1) is 12.3 Å². The zero-order valence-electron chi connectivity index (χ0n) is 11.9. The molecule has 2 aromatic heterocycles. The summed E-state index contributed by atoms with van der Waals surface area (Å²) in [7, 11) is 0. The van der Waals surface area contributed by atoms with Crippen LogP contribution < -0.4 is 11.3 Å². The number of hydrogen-bond acceptors (Lipinski definition) is 8. The zero-order chi connectivity index (χ0) is 16.6. The first kappa shape index (κ1) is 15.4. The molecule has 23 heavy (non-hydrogen) atoms. The minimum atomic E-state index is -1.14. The number of nitrogens with zero attached hydrogens (tertiary/aromatic N) is 3. The van der Waals surface area contributed by atoms with E-state index in [0.717, 1.165) is 0 Å². The largest absolute Gasteiger partial charge is 0.394 e. The van der Waals surface area contributed by atoms with Crippen molar-refractivity contribution >= 4 is 17.1 Å². The first-order valence-electron chi connectivity index (χ1n) is 6.78. The molecule has 1 fully saturated rings. The number of imidazole rings is 1. The van der Waals surface area contributed by atoms with Crippen molar-refractivity contribution < 1.29 is 19.7 Å². The molecule has 3 rings (SSSR count). The normalized spacial score (nSPS) is 27.3. The van der Waals surface area contributed by atoms with Crippen LogP contribution in [0.5, 0.6) is 0 Å². The Morgan fingerprint density at radius 2 is 2.39 bits per heavy atom. The smallest absolute Gasteiger partial charge is 0.280 e. The molecule has 0 aliphatic carbocycles. The molecule has 122 valence electrons. The fourth-order valence-corrected chi connectivity index (χ4v) is 2.58. The monoisotopic (exact) mass is 321 g/mol. The van der Waals surface area contributed by atoms with Gasteiger partial charge in [-0.25, -0.2) is 4.98 Å². The lowest BCUT2D eigenvalue weighted by Crippen LogP contribution is -2.36. The average Bonchev–Trinajstić information content (AvgIpc) is 3.06. The van der Waals surface area contributed by atoms with Gasteiger partial charge in [-0.15, -0.1) is 6.42 Å². The van der Waals surface area contributed by atoms with E-state index in [9.17, 15) is 15.0 Å². The maximum absolute atomic E-state index is 11.8. The molecule has 2 aromatic rings. The first-order chi connectivity index (χ1) is 11.1. The van der Waals surface area contributed by atoms with Crippen LogP contribution in [-0.2, 0) is 9.47 Å². The van der Waals surface area contributed by atoms with Crippen molar-refractivity contribution in [2.75, 3.05) is 18.9 Å². The second-order valence-electron chi connectivity index (χ2n) is 4.99. The number of aliphatic hydroxyl groups excluding tert-OH is 2. The third-order valence-electron chi connectivity index (χ3n) is 3.57. The summed E-state index contributed by atoms with van der Waals surface area (Å²) in [4.78, 5) is 22.1. The molecule has 0 amide bonds. The summed E-state index contributed by atoms with van der Waals surface area (Å²) >= 11 is 0. The molecule has 1 aliphatic rings. The number of nitrogens with two attached hydrogens (primary N) is 1. The van der Waals surface area contributed by atoms with E-state index in [2.05, 4.69) is 20.9 Å². The van der Waals surface area contributed by atoms with E-state index in [1.54, 1.807) is 0 Å². The van der Waals surface area contributed by atoms with Crippen molar-refractivity contribution in [1.29, 1.82) is 0 Å². The zero-order valence-corrected chi connectivity index (χ0v) is 11.9. The summed E-state index contributed by atoms with van der Waals surface area (Å²) in [5, 5.41) is 19.8. The molecule has 0 spiro atoms. The molecule has 3 heterocycles. The molecule has 4 atom stereocenters. The van der Waals surface area contributed by atoms with Gasteiger partial charge in [0.1, 0.15) is 24.9 Å². The van der Waals surface area contributed by atoms with Gasteiger partial charge in [0.2, 0.25) is 5.95 Å². The highest BCUT2D eigenvalue weighted by Crippen LogP contribution is 2.32. The summed E-state index contributed by atoms with van der Waals surface area (Å²) in [5.41, 5.74) is 5.25. The number of anilines is 1. The standard InChI is InChI=1S/C13H15N5O5/c1-2-3-22-9-6(4-19)23-12(8(9)20)18-5-15-7-10(18)16-13(14)17-11(7)21/h1,5-6,8-9,12,19-20H,3-4H2,(H3,14,16,17,21). The van der Waals surface area contributed by atoms with Crippen LogP contribution in [0.15, 0.2) is 11.1 Å². The van der Waals surface area contributed by atoms with E-state index in [-0.39, 0.29) is 30.3 Å². The summed E-state index contributed by atoms with van der Waals surface area (Å²) in [6, 6.07) is 0. The summed E-state index contributed by atoms with van der Waals surface area (Å²) in [6.45, 7) is -0.407. The third-order valence-corrected chi connectivity index (χ3v) is 3.57. The summed E-state index contributed by atoms with van der Waals surface area (Å²) < 4.78 is 12.3. The van der Waals surface area contributed by atoms with Gasteiger partial charge >= 0.3 is 0 Å². The number of ether oxygens (including phenoxy) is 2. The second-order valence-corrected chi connectivity index (χ2v) is 4.99. The van der Waals surface area contributed by atoms with Crippen molar-refractivity contribution in [2.45, 2.75) is 24.5 Å². The Kier molecular flexibility index (Phi) is 4.01. The molecular weight excluding hydrogens is 306 g/mol. The van der Waals surface area contributed by atoms with Gasteiger partial charge < -0.3 is 25.4 Å². The molecule has 1 saturated heterocycles. The second kappa shape index (κ2) is 5.98. The highest BCUT2D eigenvalue weighted by molar-refractivity contribution is 5.70. The van der Waals surface area contributed by atoms with Crippen molar-refractivity contribution in [3.8, 4) is 12.3 Å². The fourth-order valence-electron chi connectivity index (χ4n) is 2.58. The van der Waals surface area contributed by atoms with Crippen LogP contribution in [0.1, 0.15) is 6.23 Å². The lowest BCUT2D eigenvalue weighted by Gasteiger charge is -2.18. The third kappa shape index (κ3) is 2.55. The Morgan fingerprint density at radius 1 is 1.61 bits per heavy atom. The maximum Gasteiger partial charge on any atom is 0.280 e. The van der Waals surface area contributed by atoms with Crippen LogP contribution >= 0.6 is 0 Å². The van der Waals surface area contributed by atoms with Gasteiger partial charge in [-0.3, -0.25) is 14.3 Å². The predicted molar refractivity (Wildman–Crippen MR) is 78.1 cm³/mol. The number of terminal acetylenes is 1. The molecule has 10 heteroatoms. The topological polar surface area (TPSA) is 149 Å². The Bertz CT molecular complexity index is 809. The highest BCUT2D eigenvalue weighted by Gasteiger charge is 2.45. The van der Waals surface area contributed by atoms with Crippen LogP contribution in [0.4, 0.5) is 5.95 Å². The lowest BCUT2D eigenvalue weighted by molar-refractivity contribution is -0.0560. The fraction of sp³-hybridized carbons (Fsp3) is 0.462. The number of H-pyrrole nitrogens is 1. The Labute approximate surface area is 129 Å². The van der Waals surface area contributed by atoms with Crippen LogP contribution in [0.2, 0.25) is 0 Å². The Morgan fingerprint density at radius 3 is 3.09 bits per heavy atom. The highest BCUT2D eigenvalue weighted by atomic mass is 16.6. The van der Waals surface area contributed by atoms with E-state index in [1.165, 1.54) is 10.9 Å². The number of aromatic nitrogens is 4. The van der Waals surface area contributed by atoms with E-state index >= 15 is 0 Å². The number of fused-ring (bicyclic) bond motifs is 1. The average molecular weight is 321 g/mol. The number of nitrogen functional groups attached to an aromatic ring is 1. The molecule has 10 nitrogen and oxygen atoms in total. The van der Waals surface area contributed by atoms with Crippen LogP contribution in [0.3, 0.4) is 0 Å². The van der Waals surface area contributed by atoms with E-state index in [0.29, 0.717) is 0 Å². The number of aliphatic hydroxyl groups is 2. The van der Waals surface area contributed by atoms with Gasteiger partial charge in [0.05, 0.1) is 12.9 Å². The number of rotatable bonds is 4. The van der Waals surface area contributed by atoms with Gasteiger partial charge in [0.25, 0.3) is 5.56 Å². The molecule has 0 saturated carbocycles. The minimum absolute atomic E-state index is 0.0378. The summed E-state index contributed by atoms with van der Waals surface area (Å²) in [6.07, 6.45) is 2.75. The molecule has 0 aromatic carbocycles. The van der Waals surface area contributed by atoms with Gasteiger partial charge in [-0.05, 0) is 0 Å². The Hall–Kier alpha value is -2.45. The van der Waals surface area contributed by atoms with Gasteiger partial charge in [-0.2, -0.15) is 4.98 Å². The van der Waals surface area contributed by atoms with Crippen molar-refractivity contribution in [3.05, 3.63) is 16.7 Å². The summed E-state index contributed by atoms with van der Waals surface area (Å²) in [5.74, 6) is 2.20. The molecule has 5 N–H and O–H groups in total. The molecule has 0 radical (unpaired) electrons. The quantitative estimate of drug-likeness (QED) is 0.471. The van der Waals surface area contributed by atoms with Crippen molar-refractivity contribution in [1.82, 2.24) is 19.5 Å². The van der Waals surface area contributed by atoms with Crippen LogP contribution in [0.25, 0.3) is 11.2 Å². The number of nitrogens with one attached hydrogen (secondary N) is 1. The van der Waals surface area contributed by atoms with E-state index in [4.69, 9.17) is 21.6 Å². The van der Waals surface area contributed by atoms with Crippen molar-refractivity contribution in [3.63, 3.8) is 0 Å². The van der Waals surface area contributed by atoms with Gasteiger partial charge in [0.15, 0.2) is 17.4 Å². The lowest BCUT2D eigenvalue weighted by atomic mass is 10.1. The molecule has 0 bridgehead atoms. The first-order valence-corrected chi connectivity index (χ1v) is 6.78. The minimum Gasteiger partial charge on any atom is -0.394 e. The van der Waals surface area contributed by atoms with Gasteiger partial charge in [-0.1, -0.05) is 5.92 Å².